The van der Waals surface area contributed by atoms with E-state index in [-0.39, 0.29) is 6.04 Å². The smallest absolute Gasteiger partial charge is 0.212 e. The molecule has 2 atom stereocenters. The van der Waals surface area contributed by atoms with Crippen molar-refractivity contribution < 1.29 is 9.15 Å². The molecule has 1 aliphatic heterocycles. The number of nitrogens with zero attached hydrogens (tertiary/aromatic N) is 1. The molecule has 0 amide bonds. The highest BCUT2D eigenvalue weighted by Gasteiger charge is 2.24. The predicted octanol–water partition coefficient (Wildman–Crippen LogP) is 2.90. The zero-order valence-electron chi connectivity index (χ0n) is 10.8. The quantitative estimate of drug-likeness (QED) is 0.885. The first-order valence-corrected chi connectivity index (χ1v) is 6.44. The topological polar surface area (TPSA) is 47.3 Å². The minimum absolute atomic E-state index is 0.243. The molecule has 2 unspecified atom stereocenters. The summed E-state index contributed by atoms with van der Waals surface area (Å²) in [6, 6.07) is 5.98. The van der Waals surface area contributed by atoms with Crippen molar-refractivity contribution in [2.75, 3.05) is 13.7 Å². The fourth-order valence-electron chi connectivity index (χ4n) is 2.49. The Morgan fingerprint density at radius 1 is 1.44 bits per heavy atom. The number of piperidine rings is 1. The van der Waals surface area contributed by atoms with Crippen molar-refractivity contribution in [3.63, 3.8) is 0 Å². The normalized spacial score (nSPS) is 24.3. The Labute approximate surface area is 106 Å². The number of aromatic nitrogens is 1. The van der Waals surface area contributed by atoms with E-state index in [1.165, 1.54) is 6.42 Å². The average molecular weight is 246 g/mol. The summed E-state index contributed by atoms with van der Waals surface area (Å²) >= 11 is 0. The molecule has 1 fully saturated rings. The number of hydrogen-bond donors (Lipinski definition) is 1. The van der Waals surface area contributed by atoms with Crippen molar-refractivity contribution in [1.82, 2.24) is 10.3 Å². The van der Waals surface area contributed by atoms with Crippen molar-refractivity contribution >= 4 is 11.1 Å². The fraction of sp³-hybridized carbons (Fsp3) is 0.500. The molecule has 0 saturated carbocycles. The summed E-state index contributed by atoms with van der Waals surface area (Å²) in [6.07, 6.45) is 2.31. The van der Waals surface area contributed by atoms with Gasteiger partial charge in [-0.05, 0) is 37.4 Å². The van der Waals surface area contributed by atoms with Crippen LogP contribution in [-0.4, -0.2) is 18.6 Å². The number of hydrogen-bond acceptors (Lipinski definition) is 4. The number of nitrogens with one attached hydrogen (secondary N) is 1. The SMILES string of the molecule is COc1ccc2nc(C3CC(C)CCN3)oc2c1. The van der Waals surface area contributed by atoms with Gasteiger partial charge in [-0.1, -0.05) is 6.92 Å². The van der Waals surface area contributed by atoms with Crippen LogP contribution in [0.15, 0.2) is 22.6 Å². The number of benzene rings is 1. The summed E-state index contributed by atoms with van der Waals surface area (Å²) in [5.74, 6) is 2.32. The molecule has 4 nitrogen and oxygen atoms in total. The van der Waals surface area contributed by atoms with Gasteiger partial charge in [0.1, 0.15) is 11.3 Å². The van der Waals surface area contributed by atoms with Crippen LogP contribution in [0.5, 0.6) is 5.75 Å². The standard InChI is InChI=1S/C14H18N2O2/c1-9-5-6-15-12(7-9)14-16-11-4-3-10(17-2)8-13(11)18-14/h3-4,8-9,12,15H,5-7H2,1-2H3. The molecular weight excluding hydrogens is 228 g/mol. The zero-order valence-corrected chi connectivity index (χ0v) is 10.8. The molecule has 2 aromatic rings. The molecule has 18 heavy (non-hydrogen) atoms. The van der Waals surface area contributed by atoms with Crippen LogP contribution in [0.25, 0.3) is 11.1 Å². The third kappa shape index (κ3) is 2.08. The molecule has 2 heterocycles. The highest BCUT2D eigenvalue weighted by Crippen LogP contribution is 2.29. The van der Waals surface area contributed by atoms with Crippen LogP contribution in [0.2, 0.25) is 0 Å². The summed E-state index contributed by atoms with van der Waals surface area (Å²) in [4.78, 5) is 4.56. The van der Waals surface area contributed by atoms with E-state index in [0.29, 0.717) is 0 Å². The lowest BCUT2D eigenvalue weighted by Crippen LogP contribution is -2.30. The van der Waals surface area contributed by atoms with Crippen LogP contribution in [-0.2, 0) is 0 Å². The minimum atomic E-state index is 0.243. The van der Waals surface area contributed by atoms with Crippen LogP contribution in [0.1, 0.15) is 31.7 Å². The van der Waals surface area contributed by atoms with Crippen LogP contribution in [0, 0.1) is 5.92 Å². The van der Waals surface area contributed by atoms with Gasteiger partial charge in [-0.2, -0.15) is 0 Å². The summed E-state index contributed by atoms with van der Waals surface area (Å²) in [7, 11) is 1.66. The Kier molecular flexibility index (Phi) is 2.96. The Bertz CT molecular complexity index is 550. The molecule has 1 N–H and O–H groups in total. The molecule has 1 aliphatic rings. The second-order valence-electron chi connectivity index (χ2n) is 5.02. The molecule has 3 rings (SSSR count). The van der Waals surface area contributed by atoms with E-state index in [4.69, 9.17) is 9.15 Å². The number of fused-ring (bicyclic) bond motifs is 1. The Hall–Kier alpha value is -1.55. The maximum absolute atomic E-state index is 5.84. The molecule has 1 aromatic carbocycles. The largest absolute Gasteiger partial charge is 0.497 e. The van der Waals surface area contributed by atoms with Crippen LogP contribution >= 0.6 is 0 Å². The van der Waals surface area contributed by atoms with Gasteiger partial charge in [0.2, 0.25) is 5.89 Å². The van der Waals surface area contributed by atoms with E-state index in [1.807, 2.05) is 18.2 Å². The highest BCUT2D eigenvalue weighted by atomic mass is 16.5. The van der Waals surface area contributed by atoms with E-state index in [2.05, 4.69) is 17.2 Å². The van der Waals surface area contributed by atoms with Crippen LogP contribution in [0.4, 0.5) is 0 Å². The summed E-state index contributed by atoms with van der Waals surface area (Å²) in [5, 5.41) is 3.47. The number of methoxy groups -OCH3 is 1. The third-order valence-corrected chi connectivity index (χ3v) is 3.58. The monoisotopic (exact) mass is 246 g/mol. The highest BCUT2D eigenvalue weighted by molar-refractivity contribution is 5.74. The minimum Gasteiger partial charge on any atom is -0.497 e. The molecule has 1 aromatic heterocycles. The fourth-order valence-corrected chi connectivity index (χ4v) is 2.49. The van der Waals surface area contributed by atoms with E-state index >= 15 is 0 Å². The van der Waals surface area contributed by atoms with Crippen LogP contribution in [0.3, 0.4) is 0 Å². The average Bonchev–Trinajstić information content (AvgIpc) is 2.81. The molecule has 0 radical (unpaired) electrons. The van der Waals surface area contributed by atoms with Gasteiger partial charge in [0.25, 0.3) is 0 Å². The van der Waals surface area contributed by atoms with Crippen molar-refractivity contribution in [3.05, 3.63) is 24.1 Å². The van der Waals surface area contributed by atoms with E-state index in [9.17, 15) is 0 Å². The van der Waals surface area contributed by atoms with E-state index < -0.39 is 0 Å². The lowest BCUT2D eigenvalue weighted by molar-refractivity contribution is 0.287. The zero-order chi connectivity index (χ0) is 12.5. The van der Waals surface area contributed by atoms with Gasteiger partial charge in [-0.15, -0.1) is 0 Å². The molecule has 96 valence electrons. The maximum atomic E-state index is 5.84. The molecule has 0 bridgehead atoms. The van der Waals surface area contributed by atoms with Crippen molar-refractivity contribution in [2.24, 2.45) is 5.92 Å². The van der Waals surface area contributed by atoms with Gasteiger partial charge in [-0.3, -0.25) is 0 Å². The third-order valence-electron chi connectivity index (χ3n) is 3.58. The van der Waals surface area contributed by atoms with Gasteiger partial charge in [0.15, 0.2) is 5.58 Å². The Balaban J connectivity index is 1.92. The second kappa shape index (κ2) is 4.61. The van der Waals surface area contributed by atoms with Gasteiger partial charge >= 0.3 is 0 Å². The second-order valence-corrected chi connectivity index (χ2v) is 5.02. The van der Waals surface area contributed by atoms with Gasteiger partial charge in [0, 0.05) is 6.07 Å². The van der Waals surface area contributed by atoms with E-state index in [0.717, 1.165) is 41.6 Å². The Morgan fingerprint density at radius 3 is 3.11 bits per heavy atom. The van der Waals surface area contributed by atoms with Crippen molar-refractivity contribution in [3.8, 4) is 5.75 Å². The predicted molar refractivity (Wildman–Crippen MR) is 69.7 cm³/mol. The van der Waals surface area contributed by atoms with Crippen molar-refractivity contribution in [1.29, 1.82) is 0 Å². The van der Waals surface area contributed by atoms with Crippen molar-refractivity contribution in [2.45, 2.75) is 25.8 Å². The lowest BCUT2D eigenvalue weighted by atomic mass is 9.94. The first-order chi connectivity index (χ1) is 8.76. The Morgan fingerprint density at radius 2 is 2.33 bits per heavy atom. The summed E-state index contributed by atoms with van der Waals surface area (Å²) < 4.78 is 11.0. The molecule has 1 saturated heterocycles. The van der Waals surface area contributed by atoms with Gasteiger partial charge in [0.05, 0.1) is 13.2 Å². The number of ether oxygens (including phenoxy) is 1. The summed E-state index contributed by atoms with van der Waals surface area (Å²) in [5.41, 5.74) is 1.69. The van der Waals surface area contributed by atoms with Gasteiger partial charge in [-0.25, -0.2) is 4.98 Å². The first-order valence-electron chi connectivity index (χ1n) is 6.44. The lowest BCUT2D eigenvalue weighted by Gasteiger charge is -2.25. The maximum Gasteiger partial charge on any atom is 0.212 e. The van der Waals surface area contributed by atoms with E-state index in [1.54, 1.807) is 7.11 Å². The number of rotatable bonds is 2. The molecule has 0 spiro atoms. The first kappa shape index (κ1) is 11.5. The molecule has 4 heteroatoms. The summed E-state index contributed by atoms with van der Waals surface area (Å²) in [6.45, 7) is 3.31. The van der Waals surface area contributed by atoms with Crippen LogP contribution < -0.4 is 10.1 Å². The van der Waals surface area contributed by atoms with Gasteiger partial charge < -0.3 is 14.5 Å². The molecule has 0 aliphatic carbocycles. The number of oxazole rings is 1. The molecular formula is C14H18N2O2.